The summed E-state index contributed by atoms with van der Waals surface area (Å²) in [6.07, 6.45) is 5.90. The lowest BCUT2D eigenvalue weighted by atomic mass is 9.84. The number of hydrogen-bond donors (Lipinski definition) is 1. The number of hydrogen-bond acceptors (Lipinski definition) is 3. The van der Waals surface area contributed by atoms with Crippen LogP contribution in [0.1, 0.15) is 19.4 Å². The number of benzene rings is 1. The fourth-order valence-corrected chi connectivity index (χ4v) is 1.43. The maximum atomic E-state index is 10.2. The highest BCUT2D eigenvalue weighted by atomic mass is 16.4. The molecule has 3 nitrogen and oxygen atoms in total. The van der Waals surface area contributed by atoms with Crippen molar-refractivity contribution in [2.75, 3.05) is 0 Å². The Morgan fingerprint density at radius 1 is 1.35 bits per heavy atom. The number of carboxylic acids is 1. The van der Waals surface area contributed by atoms with Gasteiger partial charge < -0.3 is 15.0 Å². The molecule has 0 fully saturated rings. The number of carbonyl (C=O) groups excluding carboxylic acids is 1. The normalized spacial score (nSPS) is 12.4. The first-order valence-electron chi connectivity index (χ1n) is 5.28. The average molecular weight is 231 g/mol. The van der Waals surface area contributed by atoms with E-state index in [2.05, 4.69) is 0 Å². The summed E-state index contributed by atoms with van der Waals surface area (Å²) >= 11 is 0. The molecule has 0 heterocycles. The Morgan fingerprint density at radius 2 is 2.06 bits per heavy atom. The Kier molecular flexibility index (Phi) is 4.10. The topological polar surface area (TPSA) is 60.4 Å². The van der Waals surface area contributed by atoms with E-state index in [9.17, 15) is 15.0 Å². The quantitative estimate of drug-likeness (QED) is 0.631. The zero-order chi connectivity index (χ0) is 12.9. The predicted octanol–water partition coefficient (Wildman–Crippen LogP) is 1.53. The van der Waals surface area contributed by atoms with E-state index < -0.39 is 5.97 Å². The molecule has 0 unspecified atom stereocenters. The molecule has 0 amide bonds. The number of phenolic OH excluding ortho intramolecular Hbond substituents is 1. The van der Waals surface area contributed by atoms with Gasteiger partial charge in [-0.15, -0.1) is 0 Å². The summed E-state index contributed by atoms with van der Waals surface area (Å²) in [4.78, 5) is 10.2. The summed E-state index contributed by atoms with van der Waals surface area (Å²) in [6.45, 7) is 3.95. The zero-order valence-electron chi connectivity index (χ0n) is 9.88. The van der Waals surface area contributed by atoms with Crippen LogP contribution in [0.25, 0.3) is 0 Å². The van der Waals surface area contributed by atoms with Crippen LogP contribution < -0.4 is 5.11 Å². The lowest BCUT2D eigenvalue weighted by Crippen LogP contribution is -2.18. The van der Waals surface area contributed by atoms with Gasteiger partial charge in [0.15, 0.2) is 0 Å². The van der Waals surface area contributed by atoms with Crippen molar-refractivity contribution >= 4 is 5.97 Å². The van der Waals surface area contributed by atoms with Gasteiger partial charge in [0.2, 0.25) is 0 Å². The van der Waals surface area contributed by atoms with E-state index in [0.29, 0.717) is 0 Å². The summed E-state index contributed by atoms with van der Waals surface area (Å²) in [7, 11) is 0. The number of phenols is 1. The smallest absolute Gasteiger partial charge is 0.115 e. The fourth-order valence-electron chi connectivity index (χ4n) is 1.43. The maximum absolute atomic E-state index is 10.2. The van der Waals surface area contributed by atoms with E-state index in [4.69, 9.17) is 0 Å². The number of rotatable bonds is 4. The molecule has 17 heavy (non-hydrogen) atoms. The van der Waals surface area contributed by atoms with Crippen LogP contribution in [-0.2, 0) is 10.2 Å². The van der Waals surface area contributed by atoms with E-state index in [0.717, 1.165) is 11.6 Å². The van der Waals surface area contributed by atoms with E-state index in [-0.39, 0.29) is 11.2 Å². The molecular weight excluding hydrogens is 216 g/mol. The standard InChI is InChI=1S/C14H16O3/c1-14(2,9-4-3-8-13(16)17)11-6-5-7-12(15)10-11/h3-10,15H,1-2H3,(H,16,17)/p-1/b8-3+,9-4+. The van der Waals surface area contributed by atoms with Gasteiger partial charge in [0.25, 0.3) is 0 Å². The molecule has 0 aliphatic heterocycles. The highest BCUT2D eigenvalue weighted by Crippen LogP contribution is 2.27. The van der Waals surface area contributed by atoms with Gasteiger partial charge in [-0.25, -0.2) is 0 Å². The van der Waals surface area contributed by atoms with Gasteiger partial charge in [0.1, 0.15) is 5.75 Å². The zero-order valence-corrected chi connectivity index (χ0v) is 9.88. The van der Waals surface area contributed by atoms with Crippen LogP contribution >= 0.6 is 0 Å². The Labute approximate surface area is 101 Å². The second kappa shape index (κ2) is 5.34. The first kappa shape index (κ1) is 13.0. The molecule has 1 aromatic rings. The van der Waals surface area contributed by atoms with Gasteiger partial charge in [0.05, 0.1) is 5.97 Å². The average Bonchev–Trinajstić information content (AvgIpc) is 2.24. The Morgan fingerprint density at radius 3 is 2.65 bits per heavy atom. The second-order valence-corrected chi connectivity index (χ2v) is 4.31. The minimum absolute atomic E-state index is 0.217. The number of carbonyl (C=O) groups is 1. The first-order valence-corrected chi connectivity index (χ1v) is 5.28. The Hall–Kier alpha value is -2.03. The largest absolute Gasteiger partial charge is 0.545 e. The van der Waals surface area contributed by atoms with Gasteiger partial charge >= 0.3 is 0 Å². The highest BCUT2D eigenvalue weighted by molar-refractivity contribution is 5.77. The molecule has 0 spiro atoms. The summed E-state index contributed by atoms with van der Waals surface area (Å²) in [5.41, 5.74) is 0.672. The lowest BCUT2D eigenvalue weighted by molar-refractivity contribution is -0.297. The third kappa shape index (κ3) is 4.15. The summed E-state index contributed by atoms with van der Waals surface area (Å²) < 4.78 is 0. The van der Waals surface area contributed by atoms with Crippen LogP contribution in [0.3, 0.4) is 0 Å². The van der Waals surface area contributed by atoms with Crippen molar-refractivity contribution in [3.8, 4) is 5.75 Å². The summed E-state index contributed by atoms with van der Waals surface area (Å²) in [5, 5.41) is 19.6. The van der Waals surface area contributed by atoms with Gasteiger partial charge in [-0.2, -0.15) is 0 Å². The van der Waals surface area contributed by atoms with Crippen LogP contribution in [-0.4, -0.2) is 11.1 Å². The van der Waals surface area contributed by atoms with Crippen molar-refractivity contribution in [3.05, 3.63) is 54.1 Å². The van der Waals surface area contributed by atoms with E-state index in [1.54, 1.807) is 24.3 Å². The van der Waals surface area contributed by atoms with Gasteiger partial charge in [0, 0.05) is 5.41 Å². The van der Waals surface area contributed by atoms with Crippen LogP contribution in [0.15, 0.2) is 48.6 Å². The van der Waals surface area contributed by atoms with Gasteiger partial charge in [-0.3, -0.25) is 0 Å². The predicted molar refractivity (Wildman–Crippen MR) is 64.4 cm³/mol. The second-order valence-electron chi connectivity index (χ2n) is 4.31. The number of carboxylic acid groups (broad SMARTS) is 1. The van der Waals surface area contributed by atoms with Crippen LogP contribution in [0.5, 0.6) is 5.75 Å². The van der Waals surface area contributed by atoms with Crippen molar-refractivity contribution in [1.82, 2.24) is 0 Å². The van der Waals surface area contributed by atoms with Crippen molar-refractivity contribution in [3.63, 3.8) is 0 Å². The molecule has 0 saturated heterocycles. The van der Waals surface area contributed by atoms with E-state index >= 15 is 0 Å². The third-order valence-corrected chi connectivity index (χ3v) is 2.45. The van der Waals surface area contributed by atoms with Crippen LogP contribution in [0.2, 0.25) is 0 Å². The SMILES string of the molecule is CC(C)(/C=C/C=C/C(=O)[O-])c1cccc(O)c1. The molecular formula is C14H15O3-. The number of aromatic hydroxyl groups is 1. The van der Waals surface area contributed by atoms with Crippen LogP contribution in [0, 0.1) is 0 Å². The summed E-state index contributed by atoms with van der Waals surface area (Å²) in [6, 6.07) is 6.98. The Bertz CT molecular complexity index is 456. The molecule has 0 aliphatic rings. The maximum Gasteiger partial charge on any atom is 0.115 e. The molecule has 1 rings (SSSR count). The van der Waals surface area contributed by atoms with E-state index in [1.807, 2.05) is 26.0 Å². The van der Waals surface area contributed by atoms with Crippen LogP contribution in [0.4, 0.5) is 0 Å². The fraction of sp³-hybridized carbons (Fsp3) is 0.214. The number of allylic oxidation sites excluding steroid dienone is 3. The molecule has 1 N–H and O–H groups in total. The lowest BCUT2D eigenvalue weighted by Gasteiger charge is -2.20. The highest BCUT2D eigenvalue weighted by Gasteiger charge is 2.16. The minimum Gasteiger partial charge on any atom is -0.545 e. The molecule has 1 aromatic carbocycles. The Balaban J connectivity index is 2.84. The van der Waals surface area contributed by atoms with Gasteiger partial charge in [-0.1, -0.05) is 44.2 Å². The molecule has 0 bridgehead atoms. The van der Waals surface area contributed by atoms with Crippen molar-refractivity contribution in [2.45, 2.75) is 19.3 Å². The molecule has 0 saturated carbocycles. The minimum atomic E-state index is -1.22. The molecule has 0 atom stereocenters. The molecule has 0 aliphatic carbocycles. The molecule has 0 radical (unpaired) electrons. The first-order chi connectivity index (χ1) is 7.92. The van der Waals surface area contributed by atoms with Gasteiger partial charge in [-0.05, 0) is 23.8 Å². The van der Waals surface area contributed by atoms with Crippen molar-refractivity contribution < 1.29 is 15.0 Å². The summed E-state index contributed by atoms with van der Waals surface area (Å²) in [5.74, 6) is -1.00. The molecule has 90 valence electrons. The number of aliphatic carboxylic acids is 1. The molecule has 0 aromatic heterocycles. The van der Waals surface area contributed by atoms with E-state index in [1.165, 1.54) is 6.08 Å². The van der Waals surface area contributed by atoms with Crippen molar-refractivity contribution in [1.29, 1.82) is 0 Å². The monoisotopic (exact) mass is 231 g/mol. The van der Waals surface area contributed by atoms with Crippen molar-refractivity contribution in [2.24, 2.45) is 0 Å². The third-order valence-electron chi connectivity index (χ3n) is 2.45. The molecule has 3 heteroatoms.